The first-order valence-corrected chi connectivity index (χ1v) is 29.5. The van der Waals surface area contributed by atoms with Gasteiger partial charge in [-0.1, -0.05) is 77.3 Å². The maximum absolute atomic E-state index is 14.5. The lowest BCUT2D eigenvalue weighted by Gasteiger charge is -2.29. The third kappa shape index (κ3) is 26.9. The van der Waals surface area contributed by atoms with Gasteiger partial charge in [-0.2, -0.15) is 0 Å². The predicted octanol–water partition coefficient (Wildman–Crippen LogP) is -5.24. The predicted molar refractivity (Wildman–Crippen MR) is 316 cm³/mol. The molecule has 13 atom stereocenters. The zero-order chi connectivity index (χ0) is 63.8. The molecule has 3 unspecified atom stereocenters. The van der Waals surface area contributed by atoms with Gasteiger partial charge in [0.05, 0.1) is 12.2 Å². The van der Waals surface area contributed by atoms with Crippen LogP contribution in [0.2, 0.25) is 0 Å². The summed E-state index contributed by atoms with van der Waals surface area (Å²) in [6.07, 6.45) is -1.05. The van der Waals surface area contributed by atoms with E-state index in [2.05, 4.69) is 72.3 Å². The second-order valence-corrected chi connectivity index (χ2v) is 22.0. The van der Waals surface area contributed by atoms with E-state index in [1.54, 1.807) is 44.2 Å². The number of nitrogens with two attached hydrogens (primary N) is 5. The number of amides is 11. The molecule has 0 spiro atoms. The topological polar surface area (TPSA) is 491 Å². The van der Waals surface area contributed by atoms with Gasteiger partial charge < -0.3 is 97.4 Å². The van der Waals surface area contributed by atoms with Crippen molar-refractivity contribution < 1.29 is 63.0 Å². The number of hydrogen-bond donors (Lipinski definition) is 18. The molecule has 0 saturated carbocycles. The van der Waals surface area contributed by atoms with Gasteiger partial charge in [-0.05, 0) is 115 Å². The smallest absolute Gasteiger partial charge is 0.245 e. The van der Waals surface area contributed by atoms with Crippen LogP contribution in [0.15, 0.2) is 30.3 Å². The molecule has 85 heavy (non-hydrogen) atoms. The summed E-state index contributed by atoms with van der Waals surface area (Å²) in [5, 5.41) is 49.7. The lowest BCUT2D eigenvalue weighted by Crippen LogP contribution is -2.62. The summed E-state index contributed by atoms with van der Waals surface area (Å²) in [5.74, 6) is -9.45. The third-order valence-corrected chi connectivity index (χ3v) is 14.3. The first-order chi connectivity index (χ1) is 40.3. The minimum atomic E-state index is -1.70. The van der Waals surface area contributed by atoms with Gasteiger partial charge in [0.25, 0.3) is 0 Å². The van der Waals surface area contributed by atoms with E-state index in [0.717, 1.165) is 19.3 Å². The molecule has 29 nitrogen and oxygen atoms in total. The van der Waals surface area contributed by atoms with Crippen LogP contribution in [0.5, 0.6) is 0 Å². The molecular weight excluding hydrogens is 1100 g/mol. The first kappa shape index (κ1) is 74.2. The van der Waals surface area contributed by atoms with E-state index in [0.29, 0.717) is 17.9 Å². The molecule has 23 N–H and O–H groups in total. The number of unbranched alkanes of at least 4 members (excludes halogenated alkanes) is 1. The maximum Gasteiger partial charge on any atom is 0.245 e. The monoisotopic (exact) mass is 1200 g/mol. The Balaban J connectivity index is 2.67. The highest BCUT2D eigenvalue weighted by Gasteiger charge is 2.37. The van der Waals surface area contributed by atoms with E-state index < -0.39 is 151 Å². The normalized spacial score (nSPS) is 22.9. The summed E-state index contributed by atoms with van der Waals surface area (Å²) in [7, 11) is 0. The van der Waals surface area contributed by atoms with Crippen molar-refractivity contribution in [3.8, 4) is 0 Å². The number of carbonyl (C=O) groups is 11. The summed E-state index contributed by atoms with van der Waals surface area (Å²) in [4.78, 5) is 154. The fourth-order valence-electron chi connectivity index (χ4n) is 9.12. The quantitative estimate of drug-likeness (QED) is 0.0333. The van der Waals surface area contributed by atoms with Gasteiger partial charge in [-0.15, -0.1) is 0 Å². The molecule has 1 aliphatic heterocycles. The number of hydrogen-bond acceptors (Lipinski definition) is 18. The fraction of sp³-hybridized carbons (Fsp3) is 0.696. The zero-order valence-corrected chi connectivity index (χ0v) is 50.2. The van der Waals surface area contributed by atoms with Gasteiger partial charge in [0, 0.05) is 19.4 Å². The zero-order valence-electron chi connectivity index (χ0n) is 50.2. The van der Waals surface area contributed by atoms with Crippen LogP contribution in [0, 0.1) is 11.8 Å². The van der Waals surface area contributed by atoms with Crippen molar-refractivity contribution in [2.24, 2.45) is 40.5 Å². The van der Waals surface area contributed by atoms with Gasteiger partial charge in [0.15, 0.2) is 0 Å². The highest BCUT2D eigenvalue weighted by atomic mass is 16.3. The van der Waals surface area contributed by atoms with Gasteiger partial charge in [-0.3, -0.25) is 52.7 Å². The lowest BCUT2D eigenvalue weighted by molar-refractivity contribution is -0.137. The molecule has 1 saturated heterocycles. The first-order valence-electron chi connectivity index (χ1n) is 29.5. The summed E-state index contributed by atoms with van der Waals surface area (Å²) in [6, 6.07) is -6.23. The highest BCUT2D eigenvalue weighted by molar-refractivity contribution is 5.99. The molecule has 0 aromatic heterocycles. The Morgan fingerprint density at radius 1 is 0.565 bits per heavy atom. The van der Waals surface area contributed by atoms with Crippen LogP contribution in [-0.2, 0) is 59.2 Å². The van der Waals surface area contributed by atoms with Crippen LogP contribution >= 0.6 is 0 Å². The second kappa shape index (κ2) is 39.7. The molecular formula is C56H98N16O13. The van der Waals surface area contributed by atoms with Crippen LogP contribution < -0.4 is 87.2 Å². The van der Waals surface area contributed by atoms with Crippen molar-refractivity contribution in [1.29, 1.82) is 0 Å². The average Bonchev–Trinajstić information content (AvgIpc) is 3.67. The van der Waals surface area contributed by atoms with Crippen molar-refractivity contribution >= 4 is 65.0 Å². The van der Waals surface area contributed by atoms with Crippen LogP contribution in [-0.4, -0.2) is 187 Å². The van der Waals surface area contributed by atoms with E-state index in [1.807, 2.05) is 0 Å². The number of benzene rings is 1. The molecule has 0 radical (unpaired) electrons. The van der Waals surface area contributed by atoms with E-state index in [9.17, 15) is 63.0 Å². The lowest BCUT2D eigenvalue weighted by atomic mass is 10.00. The van der Waals surface area contributed by atoms with E-state index in [-0.39, 0.29) is 90.0 Å². The largest absolute Gasteiger partial charge is 0.391 e. The number of aliphatic hydroxyl groups is 2. The summed E-state index contributed by atoms with van der Waals surface area (Å²) in [6.45, 7) is 9.00. The Morgan fingerprint density at radius 2 is 1.06 bits per heavy atom. The standard InChI is InChI=1S/C56H98N16O13/c1-7-32(4)13-11-12-16-44(75)63-36(17-23-57)51(80)72-46(34(6)74)56(85)68-39(20-26-60)48(77)67-41-22-28-62-55(84)45(33(5)73)71-52(81)40(21-27-61)65-47(76)37(18-24-58)66-53(82)42(29-31(2)3)69-54(83)43(30-35-14-9-8-10-15-35)70-49(78)38(19-25-59)64-50(41)79/h8-10,14-15,31-34,36-43,45-46,73-74H,7,11-13,16-30,57-61H2,1-6H3,(H,62,84)(H,63,75)(H,64,79)(H,65,76)(H,66,82)(H,67,77)(H,68,85)(H,69,83)(H,70,78)(H,71,81)(H,72,80)/t32?,33-,34-,36+,37-,38+,39-,40-,41-,42-,43+,45?,46?/m1/s1. The SMILES string of the molecule is CCC(C)CCCCC(=O)N[C@@H](CCN)C(=O)NC(C(=O)N[C@H](CCN)C(=O)N[C@@H]1CCNC(=O)C([C@@H](C)O)NC(=O)[C@@H](CCN)NC(=O)[C@@H](CCN)NC(=O)[C@@H](CC(C)C)NC(=O)[C@H](Cc2ccccc2)NC(=O)[C@H](CCN)NC1=O)[C@@H](C)O. The maximum atomic E-state index is 14.5. The van der Waals surface area contributed by atoms with Crippen molar-refractivity contribution in [3.05, 3.63) is 35.9 Å². The molecule has 29 heteroatoms. The molecule has 11 amide bonds. The molecule has 1 aliphatic rings. The second-order valence-electron chi connectivity index (χ2n) is 22.0. The molecule has 1 aromatic carbocycles. The fourth-order valence-corrected chi connectivity index (χ4v) is 9.12. The van der Waals surface area contributed by atoms with E-state index in [4.69, 9.17) is 28.7 Å². The minimum absolute atomic E-state index is 0.0173. The van der Waals surface area contributed by atoms with E-state index >= 15 is 0 Å². The van der Waals surface area contributed by atoms with Crippen LogP contribution in [0.3, 0.4) is 0 Å². The Labute approximate surface area is 498 Å². The number of nitrogens with one attached hydrogen (secondary N) is 11. The summed E-state index contributed by atoms with van der Waals surface area (Å²) in [5.41, 5.74) is 29.9. The average molecular weight is 1200 g/mol. The number of aliphatic hydroxyl groups excluding tert-OH is 2. The molecule has 1 fully saturated rings. The van der Waals surface area contributed by atoms with Crippen LogP contribution in [0.1, 0.15) is 124 Å². The molecule has 0 bridgehead atoms. The molecule has 2 rings (SSSR count). The van der Waals surface area contributed by atoms with Crippen LogP contribution in [0.4, 0.5) is 0 Å². The van der Waals surface area contributed by atoms with Crippen molar-refractivity contribution in [2.75, 3.05) is 39.3 Å². The molecule has 1 aromatic rings. The van der Waals surface area contributed by atoms with Crippen LogP contribution in [0.25, 0.3) is 0 Å². The van der Waals surface area contributed by atoms with Crippen molar-refractivity contribution in [2.45, 2.75) is 198 Å². The molecule has 0 aliphatic carbocycles. The van der Waals surface area contributed by atoms with Gasteiger partial charge in [0.1, 0.15) is 60.4 Å². The minimum Gasteiger partial charge on any atom is -0.391 e. The third-order valence-electron chi connectivity index (χ3n) is 14.3. The summed E-state index contributed by atoms with van der Waals surface area (Å²) >= 11 is 0. The van der Waals surface area contributed by atoms with Gasteiger partial charge >= 0.3 is 0 Å². The number of carbonyl (C=O) groups excluding carboxylic acids is 11. The molecule has 480 valence electrons. The Bertz CT molecular complexity index is 2320. The van der Waals surface area contributed by atoms with Gasteiger partial charge in [-0.25, -0.2) is 0 Å². The van der Waals surface area contributed by atoms with Gasteiger partial charge in [0.2, 0.25) is 65.0 Å². The van der Waals surface area contributed by atoms with Crippen molar-refractivity contribution in [3.63, 3.8) is 0 Å². The molecule has 1 heterocycles. The highest BCUT2D eigenvalue weighted by Crippen LogP contribution is 2.14. The Hall–Kier alpha value is -6.89. The Kier molecular flexibility index (Phi) is 34.6. The number of rotatable bonds is 29. The van der Waals surface area contributed by atoms with E-state index in [1.165, 1.54) is 13.8 Å². The Morgan fingerprint density at radius 3 is 1.56 bits per heavy atom. The van der Waals surface area contributed by atoms with Crippen molar-refractivity contribution in [1.82, 2.24) is 58.5 Å². The summed E-state index contributed by atoms with van der Waals surface area (Å²) < 4.78 is 0.